The molecule has 3 aromatic rings. The van der Waals surface area contributed by atoms with Crippen molar-refractivity contribution in [3.63, 3.8) is 0 Å². The molecule has 1 aromatic heterocycles. The largest absolute Gasteiger partial charge is 0.340 e. The van der Waals surface area contributed by atoms with Crippen LogP contribution in [0.1, 0.15) is 35.2 Å². The van der Waals surface area contributed by atoms with Crippen molar-refractivity contribution in [2.24, 2.45) is 0 Å². The van der Waals surface area contributed by atoms with Crippen molar-refractivity contribution < 1.29 is 9.59 Å². The molecule has 0 unspecified atom stereocenters. The highest BCUT2D eigenvalue weighted by atomic mass is 35.5. The van der Waals surface area contributed by atoms with Gasteiger partial charge in [-0.1, -0.05) is 23.2 Å². The zero-order valence-electron chi connectivity index (χ0n) is 19.4. The Morgan fingerprint density at radius 1 is 0.857 bits per heavy atom. The first-order valence-electron chi connectivity index (χ1n) is 12.0. The summed E-state index contributed by atoms with van der Waals surface area (Å²) in [6, 6.07) is 11.3. The van der Waals surface area contributed by atoms with Crippen LogP contribution in [0.3, 0.4) is 0 Å². The van der Waals surface area contributed by atoms with E-state index in [2.05, 4.69) is 20.3 Å². The van der Waals surface area contributed by atoms with E-state index in [0.717, 1.165) is 63.2 Å². The Bertz CT molecular complexity index is 1200. The quantitative estimate of drug-likeness (QED) is 0.561. The number of piperidine rings is 1. The van der Waals surface area contributed by atoms with Gasteiger partial charge < -0.3 is 9.80 Å². The number of nitrogens with one attached hydrogen (secondary N) is 1. The summed E-state index contributed by atoms with van der Waals surface area (Å²) < 4.78 is 0. The van der Waals surface area contributed by atoms with E-state index in [1.54, 1.807) is 12.1 Å². The van der Waals surface area contributed by atoms with Gasteiger partial charge in [-0.3, -0.25) is 14.5 Å². The number of rotatable bonds is 5. The van der Waals surface area contributed by atoms with E-state index in [4.69, 9.17) is 23.2 Å². The molecule has 0 saturated carbocycles. The van der Waals surface area contributed by atoms with E-state index in [-0.39, 0.29) is 11.8 Å². The molecule has 0 radical (unpaired) electrons. The number of aryl methyl sites for hydroxylation is 1. The Balaban J connectivity index is 1.07. The van der Waals surface area contributed by atoms with Crippen LogP contribution >= 0.6 is 23.2 Å². The van der Waals surface area contributed by atoms with Gasteiger partial charge in [-0.15, -0.1) is 0 Å². The Hall–Kier alpha value is -2.68. The number of piperazine rings is 1. The number of aromatic amines is 1. The fourth-order valence-corrected chi connectivity index (χ4v) is 5.66. The summed E-state index contributed by atoms with van der Waals surface area (Å²) in [6.45, 7) is 4.70. The summed E-state index contributed by atoms with van der Waals surface area (Å²) in [4.78, 5) is 32.1. The fraction of sp³-hybridized carbons (Fsp3) is 0.440. The van der Waals surface area contributed by atoms with Gasteiger partial charge in [-0.25, -0.2) is 0 Å². The predicted octanol–water partition coefficient (Wildman–Crippen LogP) is 3.65. The van der Waals surface area contributed by atoms with Crippen LogP contribution in [0.4, 0.5) is 0 Å². The van der Waals surface area contributed by atoms with Gasteiger partial charge in [-0.05, 0) is 61.2 Å². The third-order valence-electron chi connectivity index (χ3n) is 7.05. The first kappa shape index (κ1) is 24.0. The van der Waals surface area contributed by atoms with Gasteiger partial charge in [0.2, 0.25) is 5.91 Å². The van der Waals surface area contributed by atoms with E-state index >= 15 is 0 Å². The van der Waals surface area contributed by atoms with Gasteiger partial charge in [0, 0.05) is 67.3 Å². The molecule has 10 heteroatoms. The number of amides is 2. The average Bonchev–Trinajstić information content (AvgIpc) is 3.34. The molecule has 2 saturated heterocycles. The van der Waals surface area contributed by atoms with Crippen LogP contribution in [0.5, 0.6) is 0 Å². The molecule has 0 spiro atoms. The average molecular weight is 515 g/mol. The number of nitrogens with zero attached hydrogens (tertiary/aromatic N) is 5. The molecule has 2 amide bonds. The van der Waals surface area contributed by atoms with Crippen LogP contribution in [0.25, 0.3) is 11.0 Å². The van der Waals surface area contributed by atoms with E-state index < -0.39 is 0 Å². The van der Waals surface area contributed by atoms with Gasteiger partial charge in [-0.2, -0.15) is 15.4 Å². The molecule has 2 aromatic carbocycles. The molecule has 184 valence electrons. The summed E-state index contributed by atoms with van der Waals surface area (Å²) in [5.41, 5.74) is 3.09. The van der Waals surface area contributed by atoms with E-state index in [9.17, 15) is 9.59 Å². The fourth-order valence-electron chi connectivity index (χ4n) is 5.09. The molecule has 8 nitrogen and oxygen atoms in total. The van der Waals surface area contributed by atoms with E-state index in [0.29, 0.717) is 40.0 Å². The standard InChI is InChI=1S/C25H28Cl2N6O2/c26-19-13-17(14-20(27)16-19)1-4-24(34)32-11-9-31(10-12-32)21-5-7-33(8-6-21)25(35)18-2-3-22-23(15-18)29-30-28-22/h2-3,13-16,21H,1,4-12H2,(H,28,29,30). The zero-order valence-corrected chi connectivity index (χ0v) is 20.9. The molecule has 0 atom stereocenters. The molecule has 5 rings (SSSR count). The van der Waals surface area contributed by atoms with Crippen molar-refractivity contribution >= 4 is 46.0 Å². The van der Waals surface area contributed by atoms with Crippen molar-refractivity contribution in [1.29, 1.82) is 0 Å². The minimum absolute atomic E-state index is 0.0461. The molecule has 2 aliphatic rings. The molecule has 2 fully saturated rings. The number of carbonyl (C=O) groups excluding carboxylic acids is 2. The highest BCUT2D eigenvalue weighted by molar-refractivity contribution is 6.34. The van der Waals surface area contributed by atoms with Gasteiger partial charge in [0.25, 0.3) is 5.91 Å². The Morgan fingerprint density at radius 2 is 1.54 bits per heavy atom. The third kappa shape index (κ3) is 5.60. The number of aromatic nitrogens is 3. The number of benzene rings is 2. The first-order valence-corrected chi connectivity index (χ1v) is 12.8. The Morgan fingerprint density at radius 3 is 2.26 bits per heavy atom. The van der Waals surface area contributed by atoms with Gasteiger partial charge in [0.1, 0.15) is 11.0 Å². The van der Waals surface area contributed by atoms with E-state index in [1.807, 2.05) is 34.1 Å². The third-order valence-corrected chi connectivity index (χ3v) is 7.48. The lowest BCUT2D eigenvalue weighted by Crippen LogP contribution is -2.54. The lowest BCUT2D eigenvalue weighted by molar-refractivity contribution is -0.133. The van der Waals surface area contributed by atoms with Crippen LogP contribution in [-0.4, -0.2) is 87.2 Å². The molecule has 1 N–H and O–H groups in total. The number of carbonyl (C=O) groups is 2. The van der Waals surface area contributed by atoms with Gasteiger partial charge in [0.15, 0.2) is 0 Å². The number of hydrogen-bond acceptors (Lipinski definition) is 5. The topological polar surface area (TPSA) is 85.4 Å². The van der Waals surface area contributed by atoms with Crippen molar-refractivity contribution in [1.82, 2.24) is 30.1 Å². The molecule has 0 bridgehead atoms. The van der Waals surface area contributed by atoms with Gasteiger partial charge >= 0.3 is 0 Å². The second-order valence-corrected chi connectivity index (χ2v) is 10.1. The SMILES string of the molecule is O=C(CCc1cc(Cl)cc(Cl)c1)N1CCN(C2CCN(C(=O)c3ccc4n[nH]nc4c3)CC2)CC1. The second kappa shape index (κ2) is 10.5. The van der Waals surface area contributed by atoms with Crippen molar-refractivity contribution in [2.45, 2.75) is 31.7 Å². The summed E-state index contributed by atoms with van der Waals surface area (Å²) in [7, 11) is 0. The van der Waals surface area contributed by atoms with Crippen LogP contribution in [-0.2, 0) is 11.2 Å². The molecular formula is C25H28Cl2N6O2. The van der Waals surface area contributed by atoms with Crippen LogP contribution in [0, 0.1) is 0 Å². The van der Waals surface area contributed by atoms with Gasteiger partial charge in [0.05, 0.1) is 0 Å². The highest BCUT2D eigenvalue weighted by Gasteiger charge is 2.30. The number of likely N-dealkylation sites (tertiary alicyclic amines) is 1. The normalized spacial score (nSPS) is 17.8. The molecule has 0 aliphatic carbocycles. The Kier molecular flexibility index (Phi) is 7.22. The van der Waals surface area contributed by atoms with E-state index in [1.165, 1.54) is 0 Å². The highest BCUT2D eigenvalue weighted by Crippen LogP contribution is 2.23. The maximum Gasteiger partial charge on any atom is 0.253 e. The number of hydrogen-bond donors (Lipinski definition) is 1. The number of H-pyrrole nitrogens is 1. The minimum atomic E-state index is 0.0461. The predicted molar refractivity (Wildman–Crippen MR) is 136 cm³/mol. The monoisotopic (exact) mass is 514 g/mol. The molecular weight excluding hydrogens is 487 g/mol. The van der Waals surface area contributed by atoms with Crippen molar-refractivity contribution in [3.05, 3.63) is 57.6 Å². The maximum absolute atomic E-state index is 13.0. The Labute approximate surface area is 214 Å². The second-order valence-electron chi connectivity index (χ2n) is 9.24. The lowest BCUT2D eigenvalue weighted by atomic mass is 10.0. The van der Waals surface area contributed by atoms with Crippen molar-refractivity contribution in [3.8, 4) is 0 Å². The number of halogens is 2. The van der Waals surface area contributed by atoms with Crippen LogP contribution < -0.4 is 0 Å². The molecule has 3 heterocycles. The summed E-state index contributed by atoms with van der Waals surface area (Å²) in [5, 5.41) is 11.9. The minimum Gasteiger partial charge on any atom is -0.340 e. The summed E-state index contributed by atoms with van der Waals surface area (Å²) in [5.74, 6) is 0.218. The summed E-state index contributed by atoms with van der Waals surface area (Å²) >= 11 is 12.1. The van der Waals surface area contributed by atoms with Crippen molar-refractivity contribution in [2.75, 3.05) is 39.3 Å². The first-order chi connectivity index (χ1) is 17.0. The lowest BCUT2D eigenvalue weighted by Gasteiger charge is -2.42. The maximum atomic E-state index is 13.0. The summed E-state index contributed by atoms with van der Waals surface area (Å²) in [6.07, 6.45) is 2.98. The molecule has 35 heavy (non-hydrogen) atoms. The smallest absolute Gasteiger partial charge is 0.253 e. The van der Waals surface area contributed by atoms with Crippen LogP contribution in [0.2, 0.25) is 10.0 Å². The van der Waals surface area contributed by atoms with Crippen LogP contribution in [0.15, 0.2) is 36.4 Å². The molecule has 2 aliphatic heterocycles. The number of fused-ring (bicyclic) bond motifs is 1. The zero-order chi connectivity index (χ0) is 24.4.